The van der Waals surface area contributed by atoms with E-state index in [-0.39, 0.29) is 12.0 Å². The van der Waals surface area contributed by atoms with Crippen molar-refractivity contribution in [3.05, 3.63) is 87.3 Å². The molecule has 1 fully saturated rings. The third-order valence-electron chi connectivity index (χ3n) is 5.19. The van der Waals surface area contributed by atoms with Gasteiger partial charge in [-0.25, -0.2) is 13.4 Å². The van der Waals surface area contributed by atoms with Crippen LogP contribution in [-0.4, -0.2) is 37.6 Å². The molecule has 1 aliphatic rings. The molecule has 0 bridgehead atoms. The quantitative estimate of drug-likeness (QED) is 0.571. The summed E-state index contributed by atoms with van der Waals surface area (Å²) in [5.41, 5.74) is 1.99. The van der Waals surface area contributed by atoms with Gasteiger partial charge >= 0.3 is 0 Å². The summed E-state index contributed by atoms with van der Waals surface area (Å²) in [6, 6.07) is 17.4. The Kier molecular flexibility index (Phi) is 5.56. The first-order valence-electron chi connectivity index (χ1n) is 9.06. The van der Waals surface area contributed by atoms with Gasteiger partial charge in [-0.3, -0.25) is 4.90 Å². The summed E-state index contributed by atoms with van der Waals surface area (Å²) in [7, 11) is -3.21. The van der Waals surface area contributed by atoms with Gasteiger partial charge in [0, 0.05) is 41.9 Å². The van der Waals surface area contributed by atoms with Crippen LogP contribution in [0.1, 0.15) is 27.4 Å². The highest BCUT2D eigenvalue weighted by Gasteiger charge is 2.43. The highest BCUT2D eigenvalue weighted by molar-refractivity contribution is 7.90. The third kappa shape index (κ3) is 4.01. The Morgan fingerprint density at radius 3 is 2.32 bits per heavy atom. The number of benzene rings is 2. The summed E-state index contributed by atoms with van der Waals surface area (Å²) >= 11 is 7.67. The first-order chi connectivity index (χ1) is 13.4. The van der Waals surface area contributed by atoms with Crippen LogP contribution < -0.4 is 0 Å². The van der Waals surface area contributed by atoms with Crippen LogP contribution in [0.2, 0.25) is 5.02 Å². The number of hydrogen-bond acceptors (Lipinski definition) is 5. The molecule has 2 aromatic carbocycles. The maximum atomic E-state index is 12.5. The van der Waals surface area contributed by atoms with E-state index in [0.717, 1.165) is 16.1 Å². The van der Waals surface area contributed by atoms with E-state index in [0.29, 0.717) is 18.1 Å². The van der Waals surface area contributed by atoms with Crippen molar-refractivity contribution in [2.75, 3.05) is 19.3 Å². The maximum absolute atomic E-state index is 12.5. The molecular weight excluding hydrogens is 412 g/mol. The zero-order chi connectivity index (χ0) is 19.7. The summed E-state index contributed by atoms with van der Waals surface area (Å²) in [4.78, 5) is 6.82. The SMILES string of the molecule is CS(=O)(=O)C(c1ccccc1)C1CN(C(c2ccc(Cl)cc2)c2nccs2)C1. The van der Waals surface area contributed by atoms with Gasteiger partial charge in [-0.05, 0) is 23.3 Å². The van der Waals surface area contributed by atoms with Crippen molar-refractivity contribution in [1.29, 1.82) is 0 Å². The fourth-order valence-corrected chi connectivity index (χ4v) is 6.43. The molecule has 0 amide bonds. The molecule has 0 spiro atoms. The minimum atomic E-state index is -3.21. The lowest BCUT2D eigenvalue weighted by Crippen LogP contribution is -2.52. The van der Waals surface area contributed by atoms with Crippen molar-refractivity contribution < 1.29 is 8.42 Å². The standard InChI is InChI=1S/C21H21ClN2O2S2/c1-28(25,26)20(16-5-3-2-4-6-16)17-13-24(14-17)19(21-23-11-12-27-21)15-7-9-18(22)10-8-15/h2-12,17,19-20H,13-14H2,1H3. The number of sulfone groups is 1. The minimum absolute atomic E-state index is 0.0181. The maximum Gasteiger partial charge on any atom is 0.154 e. The fraction of sp³-hybridized carbons (Fsp3) is 0.286. The lowest BCUT2D eigenvalue weighted by molar-refractivity contribution is 0.0654. The number of rotatable bonds is 6. The predicted octanol–water partition coefficient (Wildman–Crippen LogP) is 4.60. The van der Waals surface area contributed by atoms with Gasteiger partial charge in [0.1, 0.15) is 5.01 Å². The van der Waals surface area contributed by atoms with E-state index in [1.165, 1.54) is 6.26 Å². The van der Waals surface area contributed by atoms with Crippen molar-refractivity contribution in [3.8, 4) is 0 Å². The first-order valence-corrected chi connectivity index (χ1v) is 12.3. The molecule has 1 saturated heterocycles. The molecule has 0 radical (unpaired) electrons. The summed E-state index contributed by atoms with van der Waals surface area (Å²) in [6.45, 7) is 1.42. The van der Waals surface area contributed by atoms with E-state index in [9.17, 15) is 8.42 Å². The number of nitrogens with zero attached hydrogens (tertiary/aromatic N) is 2. The second kappa shape index (κ2) is 7.95. The molecule has 0 N–H and O–H groups in total. The minimum Gasteiger partial charge on any atom is -0.290 e. The average molecular weight is 433 g/mol. The summed E-state index contributed by atoms with van der Waals surface area (Å²) in [5, 5.41) is 3.20. The second-order valence-corrected chi connectivity index (χ2v) is 10.7. The molecule has 2 atom stereocenters. The molecule has 28 heavy (non-hydrogen) atoms. The van der Waals surface area contributed by atoms with Crippen LogP contribution in [0.25, 0.3) is 0 Å². The molecule has 3 aromatic rings. The van der Waals surface area contributed by atoms with Crippen molar-refractivity contribution in [1.82, 2.24) is 9.88 Å². The van der Waals surface area contributed by atoms with Crippen LogP contribution in [-0.2, 0) is 9.84 Å². The second-order valence-electron chi connectivity index (χ2n) is 7.20. The van der Waals surface area contributed by atoms with E-state index in [2.05, 4.69) is 9.88 Å². The average Bonchev–Trinajstić information content (AvgIpc) is 3.15. The van der Waals surface area contributed by atoms with E-state index in [4.69, 9.17) is 11.6 Å². The Bertz CT molecular complexity index is 1020. The van der Waals surface area contributed by atoms with E-state index < -0.39 is 15.1 Å². The molecule has 4 nitrogen and oxygen atoms in total. The molecule has 1 aromatic heterocycles. The largest absolute Gasteiger partial charge is 0.290 e. The van der Waals surface area contributed by atoms with Gasteiger partial charge in [0.2, 0.25) is 0 Å². The number of aromatic nitrogens is 1. The molecule has 2 unspecified atom stereocenters. The lowest BCUT2D eigenvalue weighted by Gasteiger charge is -2.46. The van der Waals surface area contributed by atoms with Crippen molar-refractivity contribution in [3.63, 3.8) is 0 Å². The molecule has 146 valence electrons. The smallest absolute Gasteiger partial charge is 0.154 e. The van der Waals surface area contributed by atoms with Crippen LogP contribution in [0.5, 0.6) is 0 Å². The molecular formula is C21H21ClN2O2S2. The number of thiazole rings is 1. The van der Waals surface area contributed by atoms with Crippen molar-refractivity contribution in [2.45, 2.75) is 11.3 Å². The fourth-order valence-electron chi connectivity index (χ4n) is 3.99. The Morgan fingerprint density at radius 1 is 1.07 bits per heavy atom. The topological polar surface area (TPSA) is 50.3 Å². The Morgan fingerprint density at radius 2 is 1.75 bits per heavy atom. The molecule has 0 aliphatic carbocycles. The molecule has 4 rings (SSSR count). The highest BCUT2D eigenvalue weighted by Crippen LogP contribution is 2.42. The van der Waals surface area contributed by atoms with Gasteiger partial charge in [0.25, 0.3) is 0 Å². The molecule has 2 heterocycles. The zero-order valence-corrected chi connectivity index (χ0v) is 17.8. The van der Waals surface area contributed by atoms with Gasteiger partial charge in [-0.1, -0.05) is 54.1 Å². The van der Waals surface area contributed by atoms with Crippen molar-refractivity contribution >= 4 is 32.8 Å². The van der Waals surface area contributed by atoms with Gasteiger partial charge in [0.15, 0.2) is 9.84 Å². The van der Waals surface area contributed by atoms with Gasteiger partial charge in [-0.2, -0.15) is 0 Å². The highest BCUT2D eigenvalue weighted by atomic mass is 35.5. The molecule has 7 heteroatoms. The van der Waals surface area contributed by atoms with Crippen LogP contribution >= 0.6 is 22.9 Å². The van der Waals surface area contributed by atoms with Crippen LogP contribution in [0.3, 0.4) is 0 Å². The van der Waals surface area contributed by atoms with E-state index in [1.54, 1.807) is 11.3 Å². The first kappa shape index (κ1) is 19.6. The van der Waals surface area contributed by atoms with Gasteiger partial charge < -0.3 is 0 Å². The Balaban J connectivity index is 1.60. The van der Waals surface area contributed by atoms with Gasteiger partial charge in [0.05, 0.1) is 11.3 Å². The lowest BCUT2D eigenvalue weighted by atomic mass is 9.88. The zero-order valence-electron chi connectivity index (χ0n) is 15.4. The molecule has 0 saturated carbocycles. The van der Waals surface area contributed by atoms with Crippen LogP contribution in [0, 0.1) is 5.92 Å². The van der Waals surface area contributed by atoms with Gasteiger partial charge in [-0.15, -0.1) is 11.3 Å². The van der Waals surface area contributed by atoms with Crippen LogP contribution in [0.15, 0.2) is 66.2 Å². The third-order valence-corrected chi connectivity index (χ3v) is 7.85. The number of halogens is 1. The molecule has 1 aliphatic heterocycles. The Labute approximate surface area is 174 Å². The monoisotopic (exact) mass is 432 g/mol. The van der Waals surface area contributed by atoms with E-state index >= 15 is 0 Å². The number of hydrogen-bond donors (Lipinski definition) is 0. The summed E-state index contributed by atoms with van der Waals surface area (Å²) in [6.07, 6.45) is 3.15. The Hall–Kier alpha value is -1.73. The number of likely N-dealkylation sites (tertiary alicyclic amines) is 1. The summed E-state index contributed by atoms with van der Waals surface area (Å²) in [5.74, 6) is 0.0622. The summed E-state index contributed by atoms with van der Waals surface area (Å²) < 4.78 is 25.1. The van der Waals surface area contributed by atoms with E-state index in [1.807, 2.05) is 66.2 Å². The normalized spacial score (nSPS) is 17.8. The van der Waals surface area contributed by atoms with Crippen LogP contribution in [0.4, 0.5) is 0 Å². The predicted molar refractivity (Wildman–Crippen MR) is 114 cm³/mol. The van der Waals surface area contributed by atoms with Crippen molar-refractivity contribution in [2.24, 2.45) is 5.92 Å².